The minimum atomic E-state index is 0.460. The third kappa shape index (κ3) is 4.26. The van der Waals surface area contributed by atoms with Gasteiger partial charge in [0, 0.05) is 24.8 Å². The average molecular weight is 274 g/mol. The lowest BCUT2D eigenvalue weighted by atomic mass is 10.2. The normalized spacial score (nSPS) is 15.4. The average Bonchev–Trinajstić information content (AvgIpc) is 2.98. The van der Waals surface area contributed by atoms with Gasteiger partial charge in [-0.15, -0.1) is 0 Å². The Labute approximate surface area is 120 Å². The molecule has 0 saturated carbocycles. The SMILES string of the molecule is CCNC(=NCc1ccc(OC)nc1)NC1CC=CC1. The molecule has 20 heavy (non-hydrogen) atoms. The predicted molar refractivity (Wildman–Crippen MR) is 80.9 cm³/mol. The second kappa shape index (κ2) is 7.53. The van der Waals surface area contributed by atoms with Crippen LogP contribution < -0.4 is 15.4 Å². The van der Waals surface area contributed by atoms with Crippen molar-refractivity contribution >= 4 is 5.96 Å². The zero-order valence-electron chi connectivity index (χ0n) is 12.1. The predicted octanol–water partition coefficient (Wildman–Crippen LogP) is 1.86. The highest BCUT2D eigenvalue weighted by molar-refractivity contribution is 5.80. The molecule has 5 heteroatoms. The summed E-state index contributed by atoms with van der Waals surface area (Å²) in [5.74, 6) is 1.48. The Morgan fingerprint density at radius 3 is 2.80 bits per heavy atom. The topological polar surface area (TPSA) is 58.5 Å². The van der Waals surface area contributed by atoms with Crippen LogP contribution in [0.15, 0.2) is 35.5 Å². The summed E-state index contributed by atoms with van der Waals surface area (Å²) >= 11 is 0. The molecule has 1 heterocycles. The highest BCUT2D eigenvalue weighted by atomic mass is 16.5. The smallest absolute Gasteiger partial charge is 0.212 e. The van der Waals surface area contributed by atoms with Gasteiger partial charge in [0.25, 0.3) is 0 Å². The number of methoxy groups -OCH3 is 1. The minimum absolute atomic E-state index is 0.460. The molecule has 0 radical (unpaired) electrons. The van der Waals surface area contributed by atoms with Gasteiger partial charge in [0.2, 0.25) is 5.88 Å². The number of aliphatic imine (C=N–C) groups is 1. The van der Waals surface area contributed by atoms with E-state index in [1.165, 1.54) is 0 Å². The van der Waals surface area contributed by atoms with E-state index in [0.29, 0.717) is 18.5 Å². The minimum Gasteiger partial charge on any atom is -0.481 e. The molecule has 0 fully saturated rings. The van der Waals surface area contributed by atoms with Gasteiger partial charge in [-0.25, -0.2) is 9.98 Å². The molecule has 0 spiro atoms. The summed E-state index contributed by atoms with van der Waals surface area (Å²) in [6.45, 7) is 3.53. The quantitative estimate of drug-likeness (QED) is 0.489. The van der Waals surface area contributed by atoms with Crippen molar-refractivity contribution in [1.82, 2.24) is 15.6 Å². The lowest BCUT2D eigenvalue weighted by Crippen LogP contribution is -2.42. The van der Waals surface area contributed by atoms with Crippen molar-refractivity contribution in [3.05, 3.63) is 36.0 Å². The van der Waals surface area contributed by atoms with Crippen molar-refractivity contribution < 1.29 is 4.74 Å². The van der Waals surface area contributed by atoms with Crippen LogP contribution in [0.2, 0.25) is 0 Å². The van der Waals surface area contributed by atoms with Crippen molar-refractivity contribution in [3.8, 4) is 5.88 Å². The Morgan fingerprint density at radius 1 is 1.40 bits per heavy atom. The van der Waals surface area contributed by atoms with Gasteiger partial charge in [-0.3, -0.25) is 0 Å². The van der Waals surface area contributed by atoms with Gasteiger partial charge in [0.05, 0.1) is 13.7 Å². The van der Waals surface area contributed by atoms with Crippen LogP contribution in [0.4, 0.5) is 0 Å². The van der Waals surface area contributed by atoms with Gasteiger partial charge >= 0.3 is 0 Å². The van der Waals surface area contributed by atoms with Crippen LogP contribution in [0.3, 0.4) is 0 Å². The Hall–Kier alpha value is -2.04. The molecule has 0 aromatic carbocycles. The number of rotatable bonds is 5. The number of guanidine groups is 1. The van der Waals surface area contributed by atoms with E-state index in [2.05, 4.69) is 39.7 Å². The van der Waals surface area contributed by atoms with Crippen LogP contribution in [0.1, 0.15) is 25.3 Å². The fourth-order valence-corrected chi connectivity index (χ4v) is 2.04. The van der Waals surface area contributed by atoms with E-state index in [1.807, 2.05) is 12.1 Å². The second-order valence-corrected chi connectivity index (χ2v) is 4.69. The second-order valence-electron chi connectivity index (χ2n) is 4.69. The van der Waals surface area contributed by atoms with Crippen LogP contribution in [0.5, 0.6) is 5.88 Å². The number of hydrogen-bond acceptors (Lipinski definition) is 3. The Morgan fingerprint density at radius 2 is 2.20 bits per heavy atom. The van der Waals surface area contributed by atoms with Crippen molar-refractivity contribution in [1.29, 1.82) is 0 Å². The number of aromatic nitrogens is 1. The first-order valence-electron chi connectivity index (χ1n) is 7.00. The molecule has 1 aliphatic rings. The zero-order chi connectivity index (χ0) is 14.2. The summed E-state index contributed by atoms with van der Waals surface area (Å²) in [6.07, 6.45) is 8.33. The highest BCUT2D eigenvalue weighted by Crippen LogP contribution is 2.10. The third-order valence-electron chi connectivity index (χ3n) is 3.12. The van der Waals surface area contributed by atoms with E-state index in [4.69, 9.17) is 4.74 Å². The maximum absolute atomic E-state index is 5.04. The largest absolute Gasteiger partial charge is 0.481 e. The van der Waals surface area contributed by atoms with Gasteiger partial charge in [-0.2, -0.15) is 0 Å². The molecule has 0 aliphatic heterocycles. The summed E-state index contributed by atoms with van der Waals surface area (Å²) in [4.78, 5) is 8.77. The molecular formula is C15H22N4O. The van der Waals surface area contributed by atoms with Crippen molar-refractivity contribution in [2.75, 3.05) is 13.7 Å². The standard InChI is InChI=1S/C15H22N4O/c1-3-16-15(19-13-6-4-5-7-13)18-11-12-8-9-14(20-2)17-10-12/h4-5,8-10,13H,3,6-7,11H2,1-2H3,(H2,16,18,19). The zero-order valence-corrected chi connectivity index (χ0v) is 12.1. The fourth-order valence-electron chi connectivity index (χ4n) is 2.04. The van der Waals surface area contributed by atoms with E-state index in [0.717, 1.165) is 30.9 Å². The van der Waals surface area contributed by atoms with Gasteiger partial charge in [-0.1, -0.05) is 18.2 Å². The molecule has 0 amide bonds. The number of pyridine rings is 1. The fraction of sp³-hybridized carbons (Fsp3) is 0.467. The van der Waals surface area contributed by atoms with Gasteiger partial charge < -0.3 is 15.4 Å². The molecule has 5 nitrogen and oxygen atoms in total. The van der Waals surface area contributed by atoms with E-state index < -0.39 is 0 Å². The lowest BCUT2D eigenvalue weighted by molar-refractivity contribution is 0.397. The number of nitrogens with one attached hydrogen (secondary N) is 2. The summed E-state index contributed by atoms with van der Waals surface area (Å²) in [5.41, 5.74) is 1.06. The molecule has 1 aromatic rings. The van der Waals surface area contributed by atoms with Gasteiger partial charge in [-0.05, 0) is 25.3 Å². The van der Waals surface area contributed by atoms with Gasteiger partial charge in [0.15, 0.2) is 5.96 Å². The maximum atomic E-state index is 5.04. The molecule has 0 bridgehead atoms. The van der Waals surface area contributed by atoms with E-state index in [-0.39, 0.29) is 0 Å². The first-order valence-corrected chi connectivity index (χ1v) is 7.00. The molecule has 2 rings (SSSR count). The number of hydrogen-bond donors (Lipinski definition) is 2. The summed E-state index contributed by atoms with van der Waals surface area (Å²) in [5, 5.41) is 6.71. The lowest BCUT2D eigenvalue weighted by Gasteiger charge is -2.16. The first-order chi connectivity index (χ1) is 9.81. The van der Waals surface area contributed by atoms with Gasteiger partial charge in [0.1, 0.15) is 0 Å². The summed E-state index contributed by atoms with van der Waals surface area (Å²) in [6, 6.07) is 4.30. The molecule has 108 valence electrons. The van der Waals surface area contributed by atoms with E-state index in [1.54, 1.807) is 13.3 Å². The van der Waals surface area contributed by atoms with Crippen LogP contribution in [0.25, 0.3) is 0 Å². The summed E-state index contributed by atoms with van der Waals surface area (Å²) in [7, 11) is 1.61. The highest BCUT2D eigenvalue weighted by Gasteiger charge is 2.11. The maximum Gasteiger partial charge on any atom is 0.212 e. The van der Waals surface area contributed by atoms with E-state index >= 15 is 0 Å². The molecule has 1 aliphatic carbocycles. The monoisotopic (exact) mass is 274 g/mol. The van der Waals surface area contributed by atoms with Crippen molar-refractivity contribution in [2.45, 2.75) is 32.4 Å². The van der Waals surface area contributed by atoms with Crippen molar-refractivity contribution in [3.63, 3.8) is 0 Å². The van der Waals surface area contributed by atoms with Crippen LogP contribution in [-0.2, 0) is 6.54 Å². The molecule has 0 saturated heterocycles. The van der Waals surface area contributed by atoms with Crippen LogP contribution >= 0.6 is 0 Å². The molecular weight excluding hydrogens is 252 g/mol. The first kappa shape index (κ1) is 14.4. The third-order valence-corrected chi connectivity index (χ3v) is 3.12. The Bertz CT molecular complexity index is 459. The molecule has 0 atom stereocenters. The Kier molecular flexibility index (Phi) is 5.41. The number of nitrogens with zero attached hydrogens (tertiary/aromatic N) is 2. The van der Waals surface area contributed by atoms with Crippen LogP contribution in [-0.4, -0.2) is 30.6 Å². The summed E-state index contributed by atoms with van der Waals surface area (Å²) < 4.78 is 5.04. The molecule has 1 aromatic heterocycles. The number of ether oxygens (including phenoxy) is 1. The van der Waals surface area contributed by atoms with Crippen LogP contribution in [0, 0.1) is 0 Å². The Balaban J connectivity index is 1.92. The molecule has 2 N–H and O–H groups in total. The molecule has 0 unspecified atom stereocenters. The van der Waals surface area contributed by atoms with Crippen molar-refractivity contribution in [2.24, 2.45) is 4.99 Å². The van der Waals surface area contributed by atoms with E-state index in [9.17, 15) is 0 Å².